The number of nitrogens with one attached hydrogen (secondary N) is 1. The van der Waals surface area contributed by atoms with Crippen molar-refractivity contribution in [3.8, 4) is 5.69 Å². The molecule has 0 fully saturated rings. The Morgan fingerprint density at radius 2 is 1.88 bits per heavy atom. The first-order chi connectivity index (χ1) is 12.5. The highest BCUT2D eigenvalue weighted by Crippen LogP contribution is 2.24. The van der Waals surface area contributed by atoms with E-state index in [1.165, 1.54) is 11.8 Å². The fraction of sp³-hybridized carbons (Fsp3) is 0.222. The van der Waals surface area contributed by atoms with Crippen molar-refractivity contribution in [1.82, 2.24) is 20.2 Å². The summed E-state index contributed by atoms with van der Waals surface area (Å²) in [5.41, 5.74) is 4.94. The molecule has 0 radical (unpaired) electrons. The number of carbonyl (C=O) groups excluding carboxylic acids is 1. The van der Waals surface area contributed by atoms with Gasteiger partial charge in [-0.15, -0.1) is 5.10 Å². The molecular formula is C18H18BrN5OS. The fourth-order valence-corrected chi connectivity index (χ4v) is 3.52. The van der Waals surface area contributed by atoms with Crippen LogP contribution in [0.3, 0.4) is 0 Å². The average molecular weight is 432 g/mol. The third kappa shape index (κ3) is 4.13. The van der Waals surface area contributed by atoms with Gasteiger partial charge in [-0.05, 0) is 66.1 Å². The first kappa shape index (κ1) is 18.6. The molecule has 1 N–H and O–H groups in total. The van der Waals surface area contributed by atoms with Gasteiger partial charge >= 0.3 is 0 Å². The van der Waals surface area contributed by atoms with Crippen molar-refractivity contribution in [3.05, 3.63) is 57.6 Å². The van der Waals surface area contributed by atoms with Crippen LogP contribution >= 0.6 is 27.7 Å². The number of carbonyl (C=O) groups is 1. The maximum atomic E-state index is 12.3. The quantitative estimate of drug-likeness (QED) is 0.616. The van der Waals surface area contributed by atoms with E-state index >= 15 is 0 Å². The monoisotopic (exact) mass is 431 g/mol. The third-order valence-electron chi connectivity index (χ3n) is 3.87. The number of hydrogen-bond acceptors (Lipinski definition) is 5. The molecule has 1 aromatic heterocycles. The predicted octanol–water partition coefficient (Wildman–Crippen LogP) is 4.08. The summed E-state index contributed by atoms with van der Waals surface area (Å²) >= 11 is 4.76. The van der Waals surface area contributed by atoms with Gasteiger partial charge in [-0.3, -0.25) is 4.79 Å². The lowest BCUT2D eigenvalue weighted by Crippen LogP contribution is -2.15. The fourth-order valence-electron chi connectivity index (χ4n) is 2.60. The highest BCUT2D eigenvalue weighted by atomic mass is 79.9. The Balaban J connectivity index is 1.70. The molecule has 3 aromatic rings. The second kappa shape index (κ2) is 8.01. The summed E-state index contributed by atoms with van der Waals surface area (Å²) in [7, 11) is 0. The van der Waals surface area contributed by atoms with Gasteiger partial charge in [0, 0.05) is 10.2 Å². The molecule has 1 amide bonds. The Labute approximate surface area is 164 Å². The molecule has 134 valence electrons. The Morgan fingerprint density at radius 1 is 1.15 bits per heavy atom. The highest BCUT2D eigenvalue weighted by molar-refractivity contribution is 9.10. The SMILES string of the molecule is Cc1cc(NC(=O)CSc2nnnn2-c2c(C)cccc2C)ccc1Br. The zero-order chi connectivity index (χ0) is 18.7. The van der Waals surface area contributed by atoms with Gasteiger partial charge in [0.15, 0.2) is 0 Å². The number of rotatable bonds is 5. The number of benzene rings is 2. The minimum absolute atomic E-state index is 0.104. The second-order valence-electron chi connectivity index (χ2n) is 5.91. The van der Waals surface area contributed by atoms with Crippen molar-refractivity contribution in [2.75, 3.05) is 11.1 Å². The van der Waals surface area contributed by atoms with Crippen LogP contribution in [-0.4, -0.2) is 31.9 Å². The van der Waals surface area contributed by atoms with Gasteiger partial charge in [0.1, 0.15) is 0 Å². The van der Waals surface area contributed by atoms with Gasteiger partial charge in [-0.1, -0.05) is 45.9 Å². The third-order valence-corrected chi connectivity index (χ3v) is 5.68. The van der Waals surface area contributed by atoms with Crippen molar-refractivity contribution in [2.24, 2.45) is 0 Å². The van der Waals surface area contributed by atoms with Gasteiger partial charge < -0.3 is 5.32 Å². The normalized spacial score (nSPS) is 10.8. The average Bonchev–Trinajstić information content (AvgIpc) is 3.04. The summed E-state index contributed by atoms with van der Waals surface area (Å²) in [5, 5.41) is 15.4. The van der Waals surface area contributed by atoms with Gasteiger partial charge in [0.2, 0.25) is 11.1 Å². The first-order valence-electron chi connectivity index (χ1n) is 7.99. The van der Waals surface area contributed by atoms with Crippen molar-refractivity contribution >= 4 is 39.3 Å². The summed E-state index contributed by atoms with van der Waals surface area (Å²) in [6.45, 7) is 6.01. The number of halogens is 1. The number of hydrogen-bond donors (Lipinski definition) is 1. The molecule has 0 aliphatic rings. The van der Waals surface area contributed by atoms with Gasteiger partial charge in [0.25, 0.3) is 0 Å². The van der Waals surface area contributed by atoms with E-state index < -0.39 is 0 Å². The molecular weight excluding hydrogens is 414 g/mol. The van der Waals surface area contributed by atoms with E-state index in [-0.39, 0.29) is 11.7 Å². The molecule has 0 aliphatic heterocycles. The van der Waals surface area contributed by atoms with Crippen molar-refractivity contribution < 1.29 is 4.79 Å². The lowest BCUT2D eigenvalue weighted by Gasteiger charge is -2.10. The molecule has 0 aliphatic carbocycles. The number of anilines is 1. The molecule has 0 saturated carbocycles. The van der Waals surface area contributed by atoms with Crippen molar-refractivity contribution in [3.63, 3.8) is 0 Å². The van der Waals surface area contributed by atoms with Crippen LogP contribution in [0.25, 0.3) is 5.69 Å². The molecule has 26 heavy (non-hydrogen) atoms. The number of thioether (sulfide) groups is 1. The molecule has 0 atom stereocenters. The smallest absolute Gasteiger partial charge is 0.234 e. The molecule has 0 saturated heterocycles. The van der Waals surface area contributed by atoms with E-state index in [1.807, 2.05) is 57.2 Å². The zero-order valence-electron chi connectivity index (χ0n) is 14.7. The van der Waals surface area contributed by atoms with E-state index in [0.29, 0.717) is 5.16 Å². The van der Waals surface area contributed by atoms with Gasteiger partial charge in [-0.25, -0.2) is 0 Å². The van der Waals surface area contributed by atoms with E-state index in [0.717, 1.165) is 32.5 Å². The van der Waals surface area contributed by atoms with E-state index in [9.17, 15) is 4.79 Å². The Kier molecular flexibility index (Phi) is 5.73. The van der Waals surface area contributed by atoms with Crippen LogP contribution < -0.4 is 5.32 Å². The zero-order valence-corrected chi connectivity index (χ0v) is 17.1. The Morgan fingerprint density at radius 3 is 2.58 bits per heavy atom. The molecule has 0 unspecified atom stereocenters. The molecule has 6 nitrogen and oxygen atoms in total. The van der Waals surface area contributed by atoms with Crippen LogP contribution in [0, 0.1) is 20.8 Å². The standard InChI is InChI=1S/C18H18BrN5OS/c1-11-5-4-6-12(2)17(11)24-18(21-22-23-24)26-10-16(25)20-14-7-8-15(19)13(3)9-14/h4-9H,10H2,1-3H3,(H,20,25). The summed E-state index contributed by atoms with van der Waals surface area (Å²) in [6, 6.07) is 11.7. The summed E-state index contributed by atoms with van der Waals surface area (Å²) in [4.78, 5) is 12.3. The lowest BCUT2D eigenvalue weighted by atomic mass is 10.1. The summed E-state index contributed by atoms with van der Waals surface area (Å²) < 4.78 is 2.70. The molecule has 0 spiro atoms. The maximum absolute atomic E-state index is 12.3. The van der Waals surface area contributed by atoms with Crippen LogP contribution in [0.2, 0.25) is 0 Å². The largest absolute Gasteiger partial charge is 0.325 e. The Hall–Kier alpha value is -2.19. The van der Waals surface area contributed by atoms with Crippen molar-refractivity contribution in [1.29, 1.82) is 0 Å². The predicted molar refractivity (Wildman–Crippen MR) is 107 cm³/mol. The second-order valence-corrected chi connectivity index (χ2v) is 7.71. The van der Waals surface area contributed by atoms with Crippen LogP contribution in [0.4, 0.5) is 5.69 Å². The number of nitrogens with zero attached hydrogens (tertiary/aromatic N) is 4. The number of aromatic nitrogens is 4. The summed E-state index contributed by atoms with van der Waals surface area (Å²) in [5.74, 6) is 0.119. The van der Waals surface area contributed by atoms with Crippen molar-refractivity contribution in [2.45, 2.75) is 25.9 Å². The van der Waals surface area contributed by atoms with Crippen LogP contribution in [0.15, 0.2) is 46.0 Å². The summed E-state index contributed by atoms with van der Waals surface area (Å²) in [6.07, 6.45) is 0. The van der Waals surface area contributed by atoms with Crippen LogP contribution in [0.1, 0.15) is 16.7 Å². The van der Waals surface area contributed by atoms with Gasteiger partial charge in [-0.2, -0.15) is 4.68 Å². The highest BCUT2D eigenvalue weighted by Gasteiger charge is 2.15. The Bertz CT molecular complexity index is 936. The maximum Gasteiger partial charge on any atom is 0.234 e. The minimum Gasteiger partial charge on any atom is -0.325 e. The number of amides is 1. The molecule has 0 bridgehead atoms. The number of aryl methyl sites for hydroxylation is 3. The molecule has 8 heteroatoms. The van der Waals surface area contributed by atoms with Crippen LogP contribution in [-0.2, 0) is 4.79 Å². The minimum atomic E-state index is -0.104. The van der Waals surface area contributed by atoms with E-state index in [2.05, 4.69) is 36.8 Å². The number of tetrazole rings is 1. The van der Waals surface area contributed by atoms with E-state index in [1.54, 1.807) is 4.68 Å². The lowest BCUT2D eigenvalue weighted by molar-refractivity contribution is -0.113. The molecule has 1 heterocycles. The number of para-hydroxylation sites is 1. The van der Waals surface area contributed by atoms with Crippen LogP contribution in [0.5, 0.6) is 0 Å². The van der Waals surface area contributed by atoms with E-state index in [4.69, 9.17) is 0 Å². The molecule has 2 aromatic carbocycles. The molecule has 3 rings (SSSR count). The topological polar surface area (TPSA) is 72.7 Å². The van der Waals surface area contributed by atoms with Gasteiger partial charge in [0.05, 0.1) is 11.4 Å². The first-order valence-corrected chi connectivity index (χ1v) is 9.77.